The Morgan fingerprint density at radius 1 is 1.40 bits per heavy atom. The largest absolute Gasteiger partial charge is 0.469 e. The van der Waals surface area contributed by atoms with Crippen molar-refractivity contribution in [2.45, 2.75) is 25.2 Å². The van der Waals surface area contributed by atoms with E-state index in [-0.39, 0.29) is 0 Å². The van der Waals surface area contributed by atoms with Crippen LogP contribution >= 0.6 is 0 Å². The Balaban J connectivity index is 1.77. The Morgan fingerprint density at radius 3 is 2.80 bits per heavy atom. The Hall–Kier alpha value is -0.800. The first kappa shape index (κ1) is 10.7. The number of rotatable bonds is 4. The Labute approximate surface area is 91.2 Å². The molecule has 0 aromatic carbocycles. The van der Waals surface area contributed by atoms with Gasteiger partial charge in [-0.15, -0.1) is 0 Å². The summed E-state index contributed by atoms with van der Waals surface area (Å²) < 4.78 is 5.45. The number of hydrogen-bond donors (Lipinski definition) is 1. The molecule has 1 saturated heterocycles. The minimum Gasteiger partial charge on any atom is -0.469 e. The van der Waals surface area contributed by atoms with Gasteiger partial charge in [-0.05, 0) is 57.6 Å². The molecule has 0 aliphatic carbocycles. The van der Waals surface area contributed by atoms with Gasteiger partial charge in [-0.2, -0.15) is 0 Å². The van der Waals surface area contributed by atoms with Crippen molar-refractivity contribution in [3.05, 3.63) is 24.2 Å². The zero-order chi connectivity index (χ0) is 10.5. The molecule has 0 amide bonds. The Kier molecular flexibility index (Phi) is 3.80. The van der Waals surface area contributed by atoms with Crippen LogP contribution in [-0.4, -0.2) is 31.1 Å². The third kappa shape index (κ3) is 2.83. The van der Waals surface area contributed by atoms with Gasteiger partial charge in [-0.3, -0.25) is 0 Å². The molecule has 0 atom stereocenters. The molecule has 0 saturated carbocycles. The predicted octanol–water partition coefficient (Wildman–Crippen LogP) is 1.81. The van der Waals surface area contributed by atoms with Gasteiger partial charge < -0.3 is 15.1 Å². The number of nitrogens with two attached hydrogens (primary N) is 1. The zero-order valence-corrected chi connectivity index (χ0v) is 9.19. The SMILES string of the molecule is NCCCN1CCC(c2ccco2)CC1. The van der Waals surface area contributed by atoms with E-state index in [1.165, 1.54) is 25.9 Å². The van der Waals surface area contributed by atoms with Crippen LogP contribution in [0.15, 0.2) is 22.8 Å². The van der Waals surface area contributed by atoms with Crippen molar-refractivity contribution >= 4 is 0 Å². The smallest absolute Gasteiger partial charge is 0.106 e. The van der Waals surface area contributed by atoms with Crippen molar-refractivity contribution in [3.63, 3.8) is 0 Å². The van der Waals surface area contributed by atoms with Crippen LogP contribution in [0.25, 0.3) is 0 Å². The summed E-state index contributed by atoms with van der Waals surface area (Å²) in [6, 6.07) is 4.08. The molecular weight excluding hydrogens is 188 g/mol. The standard InChI is InChI=1S/C12H20N2O/c13-6-2-7-14-8-4-11(5-9-14)12-3-1-10-15-12/h1,3,10-11H,2,4-9,13H2. The second kappa shape index (κ2) is 5.33. The fourth-order valence-electron chi connectivity index (χ4n) is 2.28. The minimum atomic E-state index is 0.633. The van der Waals surface area contributed by atoms with Gasteiger partial charge in [0, 0.05) is 5.92 Å². The maximum atomic E-state index is 5.51. The highest BCUT2D eigenvalue weighted by Gasteiger charge is 2.21. The third-order valence-corrected chi connectivity index (χ3v) is 3.21. The van der Waals surface area contributed by atoms with E-state index in [1.807, 2.05) is 6.07 Å². The fourth-order valence-corrected chi connectivity index (χ4v) is 2.28. The third-order valence-electron chi connectivity index (χ3n) is 3.21. The monoisotopic (exact) mass is 208 g/mol. The average molecular weight is 208 g/mol. The van der Waals surface area contributed by atoms with Gasteiger partial charge >= 0.3 is 0 Å². The van der Waals surface area contributed by atoms with Crippen LogP contribution in [0.2, 0.25) is 0 Å². The summed E-state index contributed by atoms with van der Waals surface area (Å²) in [5.74, 6) is 1.79. The lowest BCUT2D eigenvalue weighted by atomic mass is 9.94. The lowest BCUT2D eigenvalue weighted by Crippen LogP contribution is -2.34. The van der Waals surface area contributed by atoms with Crippen LogP contribution in [0.4, 0.5) is 0 Å². The first-order valence-corrected chi connectivity index (χ1v) is 5.86. The van der Waals surface area contributed by atoms with Gasteiger partial charge in [0.2, 0.25) is 0 Å². The van der Waals surface area contributed by atoms with Crippen molar-refractivity contribution in [1.29, 1.82) is 0 Å². The van der Waals surface area contributed by atoms with Crippen LogP contribution in [0.3, 0.4) is 0 Å². The van der Waals surface area contributed by atoms with E-state index in [1.54, 1.807) is 6.26 Å². The van der Waals surface area contributed by atoms with Gasteiger partial charge in [0.1, 0.15) is 5.76 Å². The van der Waals surface area contributed by atoms with E-state index >= 15 is 0 Å². The first-order chi connectivity index (χ1) is 7.40. The van der Waals surface area contributed by atoms with E-state index < -0.39 is 0 Å². The van der Waals surface area contributed by atoms with Gasteiger partial charge in [0.05, 0.1) is 6.26 Å². The van der Waals surface area contributed by atoms with Crippen molar-refractivity contribution in [3.8, 4) is 0 Å². The van der Waals surface area contributed by atoms with Gasteiger partial charge in [-0.25, -0.2) is 0 Å². The Bertz CT molecular complexity index is 263. The van der Waals surface area contributed by atoms with Crippen molar-refractivity contribution < 1.29 is 4.42 Å². The average Bonchev–Trinajstić information content (AvgIpc) is 2.80. The molecule has 1 aromatic rings. The molecule has 0 unspecified atom stereocenters. The zero-order valence-electron chi connectivity index (χ0n) is 9.19. The summed E-state index contributed by atoms with van der Waals surface area (Å²) in [5, 5.41) is 0. The molecule has 1 fully saturated rings. The number of piperidine rings is 1. The van der Waals surface area contributed by atoms with Crippen molar-refractivity contribution in [2.75, 3.05) is 26.2 Å². The molecule has 1 aromatic heterocycles. The molecule has 3 nitrogen and oxygen atoms in total. The number of nitrogens with zero attached hydrogens (tertiary/aromatic N) is 1. The van der Waals surface area contributed by atoms with E-state index in [4.69, 9.17) is 10.2 Å². The molecular formula is C12H20N2O. The maximum Gasteiger partial charge on any atom is 0.106 e. The van der Waals surface area contributed by atoms with E-state index in [9.17, 15) is 0 Å². The van der Waals surface area contributed by atoms with Crippen LogP contribution in [0.1, 0.15) is 30.9 Å². The molecule has 2 N–H and O–H groups in total. The minimum absolute atomic E-state index is 0.633. The number of likely N-dealkylation sites (tertiary alicyclic amines) is 1. The molecule has 0 radical (unpaired) electrons. The molecule has 84 valence electrons. The van der Waals surface area contributed by atoms with E-state index in [0.29, 0.717) is 5.92 Å². The van der Waals surface area contributed by atoms with E-state index in [0.717, 1.165) is 25.3 Å². The topological polar surface area (TPSA) is 42.4 Å². The van der Waals surface area contributed by atoms with Crippen LogP contribution in [0, 0.1) is 0 Å². The maximum absolute atomic E-state index is 5.51. The molecule has 0 bridgehead atoms. The number of hydrogen-bond acceptors (Lipinski definition) is 3. The molecule has 1 aliphatic heterocycles. The van der Waals surface area contributed by atoms with E-state index in [2.05, 4.69) is 11.0 Å². The number of furan rings is 1. The second-order valence-corrected chi connectivity index (χ2v) is 4.27. The van der Waals surface area contributed by atoms with Gasteiger partial charge in [0.15, 0.2) is 0 Å². The van der Waals surface area contributed by atoms with Gasteiger partial charge in [-0.1, -0.05) is 0 Å². The van der Waals surface area contributed by atoms with Crippen LogP contribution in [-0.2, 0) is 0 Å². The Morgan fingerprint density at radius 2 is 2.20 bits per heavy atom. The highest BCUT2D eigenvalue weighted by Crippen LogP contribution is 2.27. The summed E-state index contributed by atoms with van der Waals surface area (Å²) in [6.07, 6.45) is 5.33. The quantitative estimate of drug-likeness (QED) is 0.820. The summed E-state index contributed by atoms with van der Waals surface area (Å²) in [6.45, 7) is 4.33. The van der Waals surface area contributed by atoms with Gasteiger partial charge in [0.25, 0.3) is 0 Å². The second-order valence-electron chi connectivity index (χ2n) is 4.27. The summed E-state index contributed by atoms with van der Waals surface area (Å²) in [4.78, 5) is 2.51. The molecule has 15 heavy (non-hydrogen) atoms. The highest BCUT2D eigenvalue weighted by molar-refractivity contribution is 5.06. The van der Waals surface area contributed by atoms with Crippen molar-refractivity contribution in [2.24, 2.45) is 5.73 Å². The molecule has 1 aliphatic rings. The van der Waals surface area contributed by atoms with Crippen molar-refractivity contribution in [1.82, 2.24) is 4.90 Å². The molecule has 3 heteroatoms. The summed E-state index contributed by atoms with van der Waals surface area (Å²) in [5.41, 5.74) is 5.51. The van der Waals surface area contributed by atoms with Crippen LogP contribution < -0.4 is 5.73 Å². The molecule has 2 heterocycles. The normalized spacial score (nSPS) is 19.5. The van der Waals surface area contributed by atoms with Crippen LogP contribution in [0.5, 0.6) is 0 Å². The lowest BCUT2D eigenvalue weighted by molar-refractivity contribution is 0.201. The lowest BCUT2D eigenvalue weighted by Gasteiger charge is -2.30. The molecule has 0 spiro atoms. The fraction of sp³-hybridized carbons (Fsp3) is 0.667. The first-order valence-electron chi connectivity index (χ1n) is 5.86. The summed E-state index contributed by atoms with van der Waals surface area (Å²) in [7, 11) is 0. The summed E-state index contributed by atoms with van der Waals surface area (Å²) >= 11 is 0. The molecule has 2 rings (SSSR count). The predicted molar refractivity (Wildman–Crippen MR) is 60.8 cm³/mol. The highest BCUT2D eigenvalue weighted by atomic mass is 16.3.